The molecular weight excluding hydrogens is 482 g/mol. The van der Waals surface area contributed by atoms with Gasteiger partial charge in [0.05, 0.1) is 18.1 Å². The largest absolute Gasteiger partial charge is 0.492 e. The van der Waals surface area contributed by atoms with Gasteiger partial charge in [0.1, 0.15) is 22.8 Å². The van der Waals surface area contributed by atoms with Gasteiger partial charge in [-0.25, -0.2) is 18.1 Å². The molecule has 0 atom stereocenters. The molecule has 0 spiro atoms. The SMILES string of the molecule is COc1c2[nH]c3ccc(F)cc3c2c(Br)c2c3cc(F)ccc3n(C(=O)OC(C)(C)C)c12. The number of benzene rings is 3. The minimum Gasteiger partial charge on any atom is -0.492 e. The van der Waals surface area contributed by atoms with Gasteiger partial charge >= 0.3 is 6.09 Å². The first-order chi connectivity index (χ1) is 15.1. The maximum atomic E-state index is 14.3. The third-order valence-electron chi connectivity index (χ3n) is 5.35. The maximum Gasteiger partial charge on any atom is 0.419 e. The van der Waals surface area contributed by atoms with Gasteiger partial charge in [0.2, 0.25) is 0 Å². The Balaban J connectivity index is 2.04. The van der Waals surface area contributed by atoms with Gasteiger partial charge in [-0.05, 0) is 73.1 Å². The van der Waals surface area contributed by atoms with Crippen LogP contribution in [0.15, 0.2) is 40.9 Å². The van der Waals surface area contributed by atoms with E-state index in [-0.39, 0.29) is 5.82 Å². The second-order valence-corrected chi connectivity index (χ2v) is 9.41. The zero-order valence-electron chi connectivity index (χ0n) is 17.8. The highest BCUT2D eigenvalue weighted by atomic mass is 79.9. The minimum atomic E-state index is -0.743. The molecule has 0 saturated carbocycles. The summed E-state index contributed by atoms with van der Waals surface area (Å²) >= 11 is 3.65. The van der Waals surface area contributed by atoms with Crippen molar-refractivity contribution in [3.63, 3.8) is 0 Å². The Labute approximate surface area is 190 Å². The van der Waals surface area contributed by atoms with Crippen molar-refractivity contribution in [1.29, 1.82) is 0 Å². The second-order valence-electron chi connectivity index (χ2n) is 8.61. The van der Waals surface area contributed by atoms with Crippen LogP contribution in [0.1, 0.15) is 20.8 Å². The van der Waals surface area contributed by atoms with Crippen LogP contribution in [0.2, 0.25) is 0 Å². The zero-order valence-corrected chi connectivity index (χ0v) is 19.4. The van der Waals surface area contributed by atoms with Gasteiger partial charge in [0, 0.05) is 31.5 Å². The van der Waals surface area contributed by atoms with Gasteiger partial charge in [-0.1, -0.05) is 0 Å². The third-order valence-corrected chi connectivity index (χ3v) is 6.14. The number of carbonyl (C=O) groups excluding carboxylic acids is 1. The number of methoxy groups -OCH3 is 1. The van der Waals surface area contributed by atoms with Crippen molar-refractivity contribution in [2.75, 3.05) is 7.11 Å². The molecule has 0 aliphatic heterocycles. The Morgan fingerprint density at radius 2 is 1.69 bits per heavy atom. The maximum absolute atomic E-state index is 14.3. The number of carbonyl (C=O) groups is 1. The van der Waals surface area contributed by atoms with Crippen molar-refractivity contribution in [2.45, 2.75) is 26.4 Å². The van der Waals surface area contributed by atoms with E-state index in [2.05, 4.69) is 20.9 Å². The number of ether oxygens (including phenoxy) is 2. The quantitative estimate of drug-likeness (QED) is 0.263. The molecule has 0 aliphatic rings. The fraction of sp³-hybridized carbons (Fsp3) is 0.208. The third kappa shape index (κ3) is 2.97. The Bertz CT molecular complexity index is 1580. The minimum absolute atomic E-state index is 0.372. The number of hydrogen-bond donors (Lipinski definition) is 1. The molecule has 0 aliphatic carbocycles. The summed E-state index contributed by atoms with van der Waals surface area (Å²) in [5.41, 5.74) is 1.44. The number of aromatic nitrogens is 2. The van der Waals surface area contributed by atoms with E-state index < -0.39 is 17.5 Å². The predicted octanol–water partition coefficient (Wildman–Crippen LogP) is 7.26. The van der Waals surface area contributed by atoms with Crippen LogP contribution in [0.3, 0.4) is 0 Å². The Morgan fingerprint density at radius 1 is 1.03 bits per heavy atom. The molecule has 0 saturated heterocycles. The smallest absolute Gasteiger partial charge is 0.419 e. The lowest BCUT2D eigenvalue weighted by Gasteiger charge is -2.20. The number of hydrogen-bond acceptors (Lipinski definition) is 3. The molecule has 32 heavy (non-hydrogen) atoms. The lowest BCUT2D eigenvalue weighted by Crippen LogP contribution is -2.27. The van der Waals surface area contributed by atoms with Crippen LogP contribution in [0.25, 0.3) is 43.6 Å². The lowest BCUT2D eigenvalue weighted by atomic mass is 10.1. The van der Waals surface area contributed by atoms with Crippen LogP contribution in [0, 0.1) is 11.6 Å². The first-order valence-corrected chi connectivity index (χ1v) is 10.7. The van der Waals surface area contributed by atoms with E-state index in [0.29, 0.717) is 53.8 Å². The molecule has 0 bridgehead atoms. The van der Waals surface area contributed by atoms with Crippen molar-refractivity contribution < 1.29 is 23.0 Å². The number of fused-ring (bicyclic) bond motifs is 6. The summed E-state index contributed by atoms with van der Waals surface area (Å²) in [5, 5.41) is 2.39. The van der Waals surface area contributed by atoms with Crippen LogP contribution in [-0.2, 0) is 4.74 Å². The standard InChI is InChI=1S/C24H19BrF2N2O3/c1-24(2,3)32-23(30)29-16-8-6-12(27)10-14(16)18-19(25)17-13-9-11(26)5-7-15(13)28-20(17)22(31-4)21(18)29/h5-10,28H,1-4H3. The van der Waals surface area contributed by atoms with Gasteiger partial charge in [-0.15, -0.1) is 0 Å². The average molecular weight is 501 g/mol. The second kappa shape index (κ2) is 6.93. The van der Waals surface area contributed by atoms with E-state index in [1.165, 1.54) is 42.0 Å². The van der Waals surface area contributed by atoms with Crippen molar-refractivity contribution >= 4 is 65.6 Å². The van der Waals surface area contributed by atoms with Crippen molar-refractivity contribution in [3.05, 3.63) is 52.5 Å². The Kier molecular flexibility index (Phi) is 4.50. The summed E-state index contributed by atoms with van der Waals surface area (Å²) in [5.74, 6) is -0.458. The fourth-order valence-corrected chi connectivity index (χ4v) is 5.02. The molecule has 0 radical (unpaired) electrons. The molecule has 0 fully saturated rings. The van der Waals surface area contributed by atoms with E-state index in [0.717, 1.165) is 0 Å². The molecule has 5 aromatic rings. The van der Waals surface area contributed by atoms with E-state index in [4.69, 9.17) is 9.47 Å². The lowest BCUT2D eigenvalue weighted by molar-refractivity contribution is 0.0551. The van der Waals surface area contributed by atoms with Gasteiger partial charge in [-0.2, -0.15) is 0 Å². The number of halogens is 3. The van der Waals surface area contributed by atoms with Crippen LogP contribution in [0.4, 0.5) is 13.6 Å². The highest BCUT2D eigenvalue weighted by Gasteiger charge is 2.29. The summed E-state index contributed by atoms with van der Waals surface area (Å²) in [4.78, 5) is 16.5. The fourth-order valence-electron chi connectivity index (χ4n) is 4.20. The van der Waals surface area contributed by atoms with E-state index in [1.807, 2.05) is 0 Å². The number of rotatable bonds is 1. The Hall–Kier alpha value is -3.13. The van der Waals surface area contributed by atoms with Crippen molar-refractivity contribution in [1.82, 2.24) is 9.55 Å². The molecule has 0 unspecified atom stereocenters. The summed E-state index contributed by atoms with van der Waals surface area (Å²) in [6.07, 6.45) is -0.615. The normalized spacial score (nSPS) is 12.3. The molecule has 3 aromatic carbocycles. The van der Waals surface area contributed by atoms with Crippen LogP contribution in [0.5, 0.6) is 5.75 Å². The number of aromatic amines is 1. The first kappa shape index (κ1) is 20.8. The molecule has 2 heterocycles. The van der Waals surface area contributed by atoms with Crippen molar-refractivity contribution in [3.8, 4) is 5.75 Å². The molecule has 5 rings (SSSR count). The van der Waals surface area contributed by atoms with Crippen LogP contribution in [-0.4, -0.2) is 28.4 Å². The van der Waals surface area contributed by atoms with E-state index in [1.54, 1.807) is 26.8 Å². The van der Waals surface area contributed by atoms with Crippen molar-refractivity contribution in [2.24, 2.45) is 0 Å². The molecule has 2 aromatic heterocycles. The average Bonchev–Trinajstić information content (AvgIpc) is 3.23. The monoisotopic (exact) mass is 500 g/mol. The summed E-state index contributed by atoms with van der Waals surface area (Å²) in [6.45, 7) is 5.32. The van der Waals surface area contributed by atoms with Gasteiger partial charge in [0.15, 0.2) is 5.75 Å². The summed E-state index contributed by atoms with van der Waals surface area (Å²) in [6, 6.07) is 8.62. The van der Waals surface area contributed by atoms with E-state index in [9.17, 15) is 13.6 Å². The van der Waals surface area contributed by atoms with Crippen LogP contribution >= 0.6 is 15.9 Å². The molecular formula is C24H19BrF2N2O3. The highest BCUT2D eigenvalue weighted by Crippen LogP contribution is 2.48. The first-order valence-electron chi connectivity index (χ1n) is 9.94. The predicted molar refractivity (Wildman–Crippen MR) is 125 cm³/mol. The molecule has 5 nitrogen and oxygen atoms in total. The highest BCUT2D eigenvalue weighted by molar-refractivity contribution is 9.10. The molecule has 164 valence electrons. The summed E-state index contributed by atoms with van der Waals surface area (Å²) < 4.78 is 41.8. The van der Waals surface area contributed by atoms with E-state index >= 15 is 0 Å². The Morgan fingerprint density at radius 3 is 2.34 bits per heavy atom. The zero-order chi connectivity index (χ0) is 22.9. The number of nitrogens with one attached hydrogen (secondary N) is 1. The van der Waals surface area contributed by atoms with Gasteiger partial charge < -0.3 is 14.5 Å². The molecule has 8 heteroatoms. The van der Waals surface area contributed by atoms with Gasteiger partial charge in [0.25, 0.3) is 0 Å². The molecule has 0 amide bonds. The topological polar surface area (TPSA) is 56.2 Å². The number of H-pyrrole nitrogens is 1. The number of nitrogens with zero attached hydrogens (tertiary/aromatic N) is 1. The molecule has 1 N–H and O–H groups in total. The van der Waals surface area contributed by atoms with Crippen LogP contribution < -0.4 is 4.74 Å². The summed E-state index contributed by atoms with van der Waals surface area (Å²) in [7, 11) is 1.49. The van der Waals surface area contributed by atoms with Gasteiger partial charge in [-0.3, -0.25) is 0 Å².